The van der Waals surface area contributed by atoms with Crippen molar-refractivity contribution in [1.29, 1.82) is 5.26 Å². The molecule has 3 nitrogen and oxygen atoms in total. The smallest absolute Gasteiger partial charge is 0.102 e. The molecule has 0 amide bonds. The van der Waals surface area contributed by atoms with Gasteiger partial charge in [0.25, 0.3) is 0 Å². The molecule has 0 fully saturated rings. The number of aromatic nitrogens is 2. The van der Waals surface area contributed by atoms with Crippen molar-refractivity contribution < 1.29 is 0 Å². The lowest BCUT2D eigenvalue weighted by Gasteiger charge is -1.99. The number of benzene rings is 2. The molecule has 23 heavy (non-hydrogen) atoms. The standard InChI is InChI=1S/C10H5ClN2.C9H7N/c11-10-7(5-12)6-13-9-4-2-1-3-8(9)10;1-2-6-9-8(4-1)5-3-7-10-9/h1-4,6H;1-7H. The number of nitriles is 1. The van der Waals surface area contributed by atoms with Crippen molar-refractivity contribution in [2.24, 2.45) is 0 Å². The zero-order chi connectivity index (χ0) is 16.1. The topological polar surface area (TPSA) is 49.6 Å². The van der Waals surface area contributed by atoms with E-state index in [0.29, 0.717) is 10.6 Å². The van der Waals surface area contributed by atoms with Gasteiger partial charge in [-0.25, -0.2) is 0 Å². The van der Waals surface area contributed by atoms with Crippen LogP contribution in [-0.4, -0.2) is 9.97 Å². The maximum absolute atomic E-state index is 8.70. The van der Waals surface area contributed by atoms with Crippen molar-refractivity contribution in [1.82, 2.24) is 9.97 Å². The minimum atomic E-state index is 0.417. The van der Waals surface area contributed by atoms with Gasteiger partial charge in [-0.2, -0.15) is 5.26 Å². The molecule has 0 unspecified atom stereocenters. The molecule has 4 heteroatoms. The maximum atomic E-state index is 8.70. The summed E-state index contributed by atoms with van der Waals surface area (Å²) < 4.78 is 0. The molecule has 0 aliphatic carbocycles. The largest absolute Gasteiger partial charge is 0.256 e. The summed E-state index contributed by atoms with van der Waals surface area (Å²) in [4.78, 5) is 8.29. The summed E-state index contributed by atoms with van der Waals surface area (Å²) in [5.74, 6) is 0. The Balaban J connectivity index is 0.000000140. The third kappa shape index (κ3) is 3.28. The molecule has 2 aromatic carbocycles. The van der Waals surface area contributed by atoms with E-state index in [9.17, 15) is 0 Å². The van der Waals surface area contributed by atoms with Crippen LogP contribution in [-0.2, 0) is 0 Å². The lowest BCUT2D eigenvalue weighted by molar-refractivity contribution is 1.37. The number of nitrogens with zero attached hydrogens (tertiary/aromatic N) is 3. The number of hydrogen-bond acceptors (Lipinski definition) is 3. The zero-order valence-electron chi connectivity index (χ0n) is 12.1. The Kier molecular flexibility index (Phi) is 4.46. The SMILES string of the molecule is N#Cc1cnc2ccccc2c1Cl.c1ccc2ncccc2c1. The molecule has 0 radical (unpaired) electrons. The van der Waals surface area contributed by atoms with E-state index in [4.69, 9.17) is 16.9 Å². The summed E-state index contributed by atoms with van der Waals surface area (Å²) in [7, 11) is 0. The molecule has 4 aromatic rings. The fraction of sp³-hybridized carbons (Fsp3) is 0. The van der Waals surface area contributed by atoms with Crippen LogP contribution in [0.5, 0.6) is 0 Å². The Morgan fingerprint density at radius 3 is 2.30 bits per heavy atom. The lowest BCUT2D eigenvalue weighted by atomic mass is 10.2. The summed E-state index contributed by atoms with van der Waals surface area (Å²) in [6.07, 6.45) is 3.30. The molecular weight excluding hydrogens is 306 g/mol. The van der Waals surface area contributed by atoms with Crippen LogP contribution in [0.2, 0.25) is 5.02 Å². The van der Waals surface area contributed by atoms with Gasteiger partial charge in [-0.05, 0) is 18.2 Å². The number of para-hydroxylation sites is 2. The average Bonchev–Trinajstić information content (AvgIpc) is 2.63. The molecule has 0 saturated carbocycles. The minimum Gasteiger partial charge on any atom is -0.256 e. The Morgan fingerprint density at radius 1 is 0.826 bits per heavy atom. The second-order valence-electron chi connectivity index (χ2n) is 4.81. The Morgan fingerprint density at radius 2 is 1.52 bits per heavy atom. The van der Waals surface area contributed by atoms with E-state index in [-0.39, 0.29) is 0 Å². The fourth-order valence-corrected chi connectivity index (χ4v) is 2.45. The van der Waals surface area contributed by atoms with E-state index in [0.717, 1.165) is 16.4 Å². The number of rotatable bonds is 0. The monoisotopic (exact) mass is 317 g/mol. The number of halogens is 1. The lowest BCUT2D eigenvalue weighted by Crippen LogP contribution is -1.83. The normalized spacial score (nSPS) is 9.91. The summed E-state index contributed by atoms with van der Waals surface area (Å²) in [5.41, 5.74) is 2.29. The highest BCUT2D eigenvalue weighted by atomic mass is 35.5. The van der Waals surface area contributed by atoms with Gasteiger partial charge in [-0.1, -0.05) is 54.1 Å². The van der Waals surface area contributed by atoms with Crippen molar-refractivity contribution >= 4 is 33.4 Å². The fourth-order valence-electron chi connectivity index (χ4n) is 2.20. The van der Waals surface area contributed by atoms with Crippen LogP contribution in [0.25, 0.3) is 21.8 Å². The molecule has 110 valence electrons. The van der Waals surface area contributed by atoms with E-state index >= 15 is 0 Å². The van der Waals surface area contributed by atoms with Gasteiger partial charge in [0.15, 0.2) is 0 Å². The zero-order valence-corrected chi connectivity index (χ0v) is 12.9. The van der Waals surface area contributed by atoms with Crippen LogP contribution in [0.1, 0.15) is 5.56 Å². The van der Waals surface area contributed by atoms with E-state index in [1.807, 2.05) is 60.8 Å². The maximum Gasteiger partial charge on any atom is 0.102 e. The van der Waals surface area contributed by atoms with Crippen molar-refractivity contribution in [3.63, 3.8) is 0 Å². The summed E-state index contributed by atoms with van der Waals surface area (Å²) in [6, 6.07) is 21.6. The third-order valence-corrected chi connectivity index (χ3v) is 3.75. The van der Waals surface area contributed by atoms with E-state index in [2.05, 4.69) is 22.1 Å². The summed E-state index contributed by atoms with van der Waals surface area (Å²) >= 11 is 5.98. The average molecular weight is 318 g/mol. The highest BCUT2D eigenvalue weighted by Crippen LogP contribution is 2.24. The molecule has 2 heterocycles. The molecule has 0 N–H and O–H groups in total. The first kappa shape index (κ1) is 15.0. The second-order valence-corrected chi connectivity index (χ2v) is 5.19. The van der Waals surface area contributed by atoms with E-state index in [1.165, 1.54) is 11.6 Å². The molecule has 0 aliphatic rings. The van der Waals surface area contributed by atoms with Crippen LogP contribution in [0.4, 0.5) is 0 Å². The van der Waals surface area contributed by atoms with Crippen LogP contribution in [0.3, 0.4) is 0 Å². The second kappa shape index (κ2) is 6.87. The molecule has 0 saturated heterocycles. The first-order valence-electron chi connectivity index (χ1n) is 7.02. The first-order chi connectivity index (χ1) is 11.3. The summed E-state index contributed by atoms with van der Waals surface area (Å²) in [6.45, 7) is 0. The molecule has 0 atom stereocenters. The quantitative estimate of drug-likeness (QED) is 0.459. The molecule has 0 spiro atoms. The van der Waals surface area contributed by atoms with Gasteiger partial charge >= 0.3 is 0 Å². The van der Waals surface area contributed by atoms with Crippen molar-refractivity contribution in [3.05, 3.63) is 83.6 Å². The molecule has 0 aliphatic heterocycles. The van der Waals surface area contributed by atoms with Gasteiger partial charge in [-0.15, -0.1) is 0 Å². The molecule has 0 bridgehead atoms. The van der Waals surface area contributed by atoms with Crippen LogP contribution in [0, 0.1) is 11.3 Å². The Labute approximate surface area is 138 Å². The van der Waals surface area contributed by atoms with Gasteiger partial charge in [0, 0.05) is 23.2 Å². The van der Waals surface area contributed by atoms with Crippen molar-refractivity contribution in [2.45, 2.75) is 0 Å². The first-order valence-corrected chi connectivity index (χ1v) is 7.40. The van der Waals surface area contributed by atoms with Crippen LogP contribution in [0.15, 0.2) is 73.1 Å². The predicted molar refractivity (Wildman–Crippen MR) is 93.2 cm³/mol. The van der Waals surface area contributed by atoms with Crippen LogP contribution >= 0.6 is 11.6 Å². The van der Waals surface area contributed by atoms with Crippen LogP contribution < -0.4 is 0 Å². The van der Waals surface area contributed by atoms with Gasteiger partial charge in [-0.3, -0.25) is 9.97 Å². The van der Waals surface area contributed by atoms with E-state index < -0.39 is 0 Å². The van der Waals surface area contributed by atoms with Gasteiger partial charge in [0.2, 0.25) is 0 Å². The summed E-state index contributed by atoms with van der Waals surface area (Å²) in [5, 5.41) is 11.2. The van der Waals surface area contributed by atoms with E-state index in [1.54, 1.807) is 0 Å². The number of hydrogen-bond donors (Lipinski definition) is 0. The Bertz CT molecular complexity index is 940. The number of pyridine rings is 2. The van der Waals surface area contributed by atoms with Crippen molar-refractivity contribution in [2.75, 3.05) is 0 Å². The van der Waals surface area contributed by atoms with Crippen molar-refractivity contribution in [3.8, 4) is 6.07 Å². The number of fused-ring (bicyclic) bond motifs is 2. The highest BCUT2D eigenvalue weighted by Gasteiger charge is 2.04. The third-order valence-electron chi connectivity index (χ3n) is 3.34. The molecule has 4 rings (SSSR count). The highest BCUT2D eigenvalue weighted by molar-refractivity contribution is 6.36. The van der Waals surface area contributed by atoms with Gasteiger partial charge in [0.1, 0.15) is 6.07 Å². The van der Waals surface area contributed by atoms with Gasteiger partial charge < -0.3 is 0 Å². The molecular formula is C19H12ClN3. The minimum absolute atomic E-state index is 0.417. The van der Waals surface area contributed by atoms with Gasteiger partial charge in [0.05, 0.1) is 21.6 Å². The predicted octanol–water partition coefficient (Wildman–Crippen LogP) is 4.99. The Hall–Kier alpha value is -2.96. The molecule has 2 aromatic heterocycles.